The maximum atomic E-state index is 10.4. The summed E-state index contributed by atoms with van der Waals surface area (Å²) < 4.78 is 0. The molecule has 1 atom stereocenters. The van der Waals surface area contributed by atoms with Crippen molar-refractivity contribution in [1.29, 1.82) is 0 Å². The zero-order valence-corrected chi connectivity index (χ0v) is 6.27. The molecule has 0 aliphatic rings. The van der Waals surface area contributed by atoms with Crippen molar-refractivity contribution < 1.29 is 15.0 Å². The third kappa shape index (κ3) is 3.00. The van der Waals surface area contributed by atoms with Crippen LogP contribution in [0.25, 0.3) is 0 Å². The van der Waals surface area contributed by atoms with Gasteiger partial charge in [0.25, 0.3) is 0 Å². The van der Waals surface area contributed by atoms with Crippen LogP contribution in [0.3, 0.4) is 0 Å². The van der Waals surface area contributed by atoms with Gasteiger partial charge in [-0.05, 0) is 6.07 Å². The molecule has 1 rings (SSSR count). The van der Waals surface area contributed by atoms with Gasteiger partial charge in [0.2, 0.25) is 0 Å². The molecule has 0 saturated heterocycles. The van der Waals surface area contributed by atoms with Crippen molar-refractivity contribution in [2.45, 2.75) is 6.04 Å². The van der Waals surface area contributed by atoms with Crippen LogP contribution in [0, 0.1) is 0 Å². The number of benzene rings is 1. The average Bonchev–Trinajstić information content (AvgIpc) is 2.04. The van der Waals surface area contributed by atoms with Crippen LogP contribution >= 0.6 is 0 Å². The van der Waals surface area contributed by atoms with Crippen molar-refractivity contribution in [2.24, 2.45) is 5.73 Å². The van der Waals surface area contributed by atoms with Crippen molar-refractivity contribution in [1.82, 2.24) is 0 Å². The number of rotatable bonds is 2. The second-order valence-corrected chi connectivity index (χ2v) is 2.37. The molecule has 0 aliphatic heterocycles. The van der Waals surface area contributed by atoms with Gasteiger partial charge in [-0.15, -0.1) is 0 Å². The van der Waals surface area contributed by atoms with Gasteiger partial charge < -0.3 is 15.9 Å². The number of carboxylic acids is 1. The van der Waals surface area contributed by atoms with E-state index in [1.165, 1.54) is 12.1 Å². The molecule has 4 N–H and O–H groups in total. The minimum atomic E-state index is -1.16. The second kappa shape index (κ2) is 5.24. The Hall–Kier alpha value is -0.550. The molecule has 1 aromatic rings. The monoisotopic (exact) mass is 191 g/mol. The Morgan fingerprint density at radius 3 is 2.38 bits per heavy atom. The van der Waals surface area contributed by atoms with Gasteiger partial charge in [-0.25, -0.2) is 0 Å². The summed E-state index contributed by atoms with van der Waals surface area (Å²) in [6.45, 7) is 0. The number of aromatic hydroxyl groups is 1. The predicted octanol–water partition coefficient (Wildman–Crippen LogP) is -0.172. The first-order valence-corrected chi connectivity index (χ1v) is 3.39. The quantitative estimate of drug-likeness (QED) is 0.566. The fourth-order valence-corrected chi connectivity index (χ4v) is 0.884. The molecule has 0 aliphatic carbocycles. The van der Waals surface area contributed by atoms with Crippen molar-refractivity contribution in [3.05, 3.63) is 29.8 Å². The van der Waals surface area contributed by atoms with E-state index in [9.17, 15) is 9.90 Å². The third-order valence-electron chi connectivity index (χ3n) is 1.54. The Labute approximate surface area is 97.7 Å². The first-order valence-electron chi connectivity index (χ1n) is 3.39. The summed E-state index contributed by atoms with van der Waals surface area (Å²) >= 11 is 0. The van der Waals surface area contributed by atoms with Gasteiger partial charge in [0.05, 0.1) is 0 Å². The maximum absolute atomic E-state index is 10.4. The predicted molar refractivity (Wildman–Crippen MR) is 49.8 cm³/mol. The first kappa shape index (κ1) is 12.4. The molecule has 0 radical (unpaired) electrons. The topological polar surface area (TPSA) is 83.6 Å². The standard InChI is InChI=1S/C8H9NO3.Na.H/c9-7(8(11)12)5-3-1-2-4-6(5)10;;/h1-4,7,10H,9H2,(H,11,12);;/t7-;;/m1../s1. The normalized spacial score (nSPS) is 11.5. The number of carboxylic acid groups (broad SMARTS) is 1. The van der Waals surface area contributed by atoms with Crippen LogP contribution in [-0.4, -0.2) is 45.7 Å². The summed E-state index contributed by atoms with van der Waals surface area (Å²) in [4.78, 5) is 10.4. The molecule has 0 saturated carbocycles. The van der Waals surface area contributed by atoms with E-state index in [1.54, 1.807) is 12.1 Å². The van der Waals surface area contributed by atoms with Crippen LogP contribution in [0.2, 0.25) is 0 Å². The number of nitrogens with two attached hydrogens (primary N) is 1. The SMILES string of the molecule is N[C@@H](C(=O)O)c1ccccc1O.[NaH]. The summed E-state index contributed by atoms with van der Waals surface area (Å²) in [5, 5.41) is 17.7. The summed E-state index contributed by atoms with van der Waals surface area (Å²) in [5.41, 5.74) is 5.51. The zero-order valence-electron chi connectivity index (χ0n) is 6.27. The molecule has 0 unspecified atom stereocenters. The Morgan fingerprint density at radius 1 is 1.38 bits per heavy atom. The van der Waals surface area contributed by atoms with E-state index in [1.807, 2.05) is 0 Å². The van der Waals surface area contributed by atoms with Gasteiger partial charge in [-0.1, -0.05) is 18.2 Å². The van der Waals surface area contributed by atoms with E-state index in [-0.39, 0.29) is 40.9 Å². The molecule has 13 heavy (non-hydrogen) atoms. The zero-order chi connectivity index (χ0) is 9.14. The van der Waals surface area contributed by atoms with E-state index >= 15 is 0 Å². The molecule has 4 nitrogen and oxygen atoms in total. The summed E-state index contributed by atoms with van der Waals surface area (Å²) in [5.74, 6) is -1.25. The average molecular weight is 191 g/mol. The van der Waals surface area contributed by atoms with E-state index in [0.29, 0.717) is 0 Å². The summed E-state index contributed by atoms with van der Waals surface area (Å²) in [7, 11) is 0. The minimum absolute atomic E-state index is 0. The number of para-hydroxylation sites is 1. The van der Waals surface area contributed by atoms with Crippen molar-refractivity contribution in [3.8, 4) is 5.75 Å². The van der Waals surface area contributed by atoms with Gasteiger partial charge in [-0.3, -0.25) is 4.79 Å². The molecule has 0 amide bonds. The van der Waals surface area contributed by atoms with Crippen LogP contribution in [0.15, 0.2) is 24.3 Å². The van der Waals surface area contributed by atoms with Crippen molar-refractivity contribution in [2.75, 3.05) is 0 Å². The number of phenols is 1. The third-order valence-corrected chi connectivity index (χ3v) is 1.54. The fraction of sp³-hybridized carbons (Fsp3) is 0.125. The molecule has 0 bridgehead atoms. The Balaban J connectivity index is 0.00000144. The number of carbonyl (C=O) groups is 1. The Kier molecular flexibility index (Phi) is 5.02. The molecule has 0 spiro atoms. The van der Waals surface area contributed by atoms with Gasteiger partial charge >= 0.3 is 35.5 Å². The molecule has 0 heterocycles. The van der Waals surface area contributed by atoms with Gasteiger partial charge in [-0.2, -0.15) is 0 Å². The molecular formula is C8H10NNaO3. The van der Waals surface area contributed by atoms with Crippen molar-refractivity contribution in [3.63, 3.8) is 0 Å². The summed E-state index contributed by atoms with van der Waals surface area (Å²) in [6, 6.07) is 4.95. The number of phenolic OH excluding ortho intramolecular Hbond substituents is 1. The van der Waals surface area contributed by atoms with Crippen LogP contribution in [-0.2, 0) is 4.79 Å². The second-order valence-electron chi connectivity index (χ2n) is 2.37. The van der Waals surface area contributed by atoms with E-state index < -0.39 is 12.0 Å². The molecule has 0 aromatic heterocycles. The fourth-order valence-electron chi connectivity index (χ4n) is 0.884. The van der Waals surface area contributed by atoms with Gasteiger partial charge in [0.1, 0.15) is 11.8 Å². The molecular weight excluding hydrogens is 181 g/mol. The molecule has 0 fully saturated rings. The van der Waals surface area contributed by atoms with E-state index in [4.69, 9.17) is 10.8 Å². The van der Waals surface area contributed by atoms with E-state index in [0.717, 1.165) is 0 Å². The van der Waals surface area contributed by atoms with Crippen LogP contribution in [0.4, 0.5) is 0 Å². The molecule has 5 heteroatoms. The van der Waals surface area contributed by atoms with Gasteiger partial charge in [0.15, 0.2) is 0 Å². The van der Waals surface area contributed by atoms with E-state index in [2.05, 4.69) is 0 Å². The Bertz CT molecular complexity index is 303. The van der Waals surface area contributed by atoms with Crippen LogP contribution in [0.5, 0.6) is 5.75 Å². The van der Waals surface area contributed by atoms with Gasteiger partial charge in [0, 0.05) is 5.56 Å². The first-order chi connectivity index (χ1) is 5.63. The number of hydrogen-bond acceptors (Lipinski definition) is 3. The number of aliphatic carboxylic acids is 1. The van der Waals surface area contributed by atoms with Crippen molar-refractivity contribution >= 4 is 35.5 Å². The summed E-state index contributed by atoms with van der Waals surface area (Å²) in [6.07, 6.45) is 0. The number of hydrogen-bond donors (Lipinski definition) is 3. The van der Waals surface area contributed by atoms with Crippen LogP contribution < -0.4 is 5.73 Å². The Morgan fingerprint density at radius 2 is 1.92 bits per heavy atom. The molecule has 1 aromatic carbocycles. The van der Waals surface area contributed by atoms with Crippen LogP contribution in [0.1, 0.15) is 11.6 Å². The molecule has 66 valence electrons.